The molecule has 1 unspecified atom stereocenters. The zero-order valence-corrected chi connectivity index (χ0v) is 19.3. The lowest BCUT2D eigenvalue weighted by molar-refractivity contribution is 0.111. The molecule has 3 heterocycles. The highest BCUT2D eigenvalue weighted by molar-refractivity contribution is 9.10. The van der Waals surface area contributed by atoms with Crippen LogP contribution in [0.2, 0.25) is 5.02 Å². The quantitative estimate of drug-likeness (QED) is 0.535. The molecule has 8 nitrogen and oxygen atoms in total. The molecule has 10 heteroatoms. The number of benzene rings is 1. The van der Waals surface area contributed by atoms with E-state index in [1.165, 1.54) is 19.2 Å². The van der Waals surface area contributed by atoms with Crippen LogP contribution in [0.1, 0.15) is 47.4 Å². The minimum absolute atomic E-state index is 0.191. The highest BCUT2D eigenvalue weighted by atomic mass is 79.9. The molecule has 0 spiro atoms. The second kappa shape index (κ2) is 9.72. The predicted molar refractivity (Wildman–Crippen MR) is 119 cm³/mol. The van der Waals surface area contributed by atoms with E-state index in [9.17, 15) is 4.79 Å². The number of halogens is 2. The van der Waals surface area contributed by atoms with Gasteiger partial charge in [0, 0.05) is 23.8 Å². The molecule has 0 amide bonds. The molecular weight excluding hydrogens is 474 g/mol. The minimum atomic E-state index is -0.310. The molecule has 1 aliphatic rings. The first-order valence-electron chi connectivity index (χ1n) is 9.44. The molecular formula is C20H23BrClN5O3. The Morgan fingerprint density at radius 1 is 1.37 bits per heavy atom. The Labute approximate surface area is 187 Å². The number of anilines is 1. The molecule has 0 aliphatic carbocycles. The molecule has 2 aromatic heterocycles. The molecule has 1 atom stereocenters. The van der Waals surface area contributed by atoms with Gasteiger partial charge in [-0.05, 0) is 54.2 Å². The minimum Gasteiger partial charge on any atom is -0.495 e. The Hall–Kier alpha value is -2.23. The fraction of sp³-hybridized carbons (Fsp3) is 0.400. The van der Waals surface area contributed by atoms with E-state index in [-0.39, 0.29) is 17.6 Å². The number of ether oxygens (including phenoxy) is 2. The molecule has 1 saturated heterocycles. The maximum absolute atomic E-state index is 11.4. The van der Waals surface area contributed by atoms with Crippen molar-refractivity contribution in [3.63, 3.8) is 0 Å². The summed E-state index contributed by atoms with van der Waals surface area (Å²) in [6.07, 6.45) is 4.53. The number of hydrogen-bond donors (Lipinski definition) is 1. The first-order chi connectivity index (χ1) is 14.4. The molecule has 4 rings (SSSR count). The molecule has 0 saturated carbocycles. The van der Waals surface area contributed by atoms with E-state index in [0.29, 0.717) is 28.1 Å². The van der Waals surface area contributed by atoms with Gasteiger partial charge in [-0.2, -0.15) is 5.10 Å². The van der Waals surface area contributed by atoms with Crippen LogP contribution in [0.15, 0.2) is 16.9 Å². The Balaban J connectivity index is 0.000000448. The zero-order valence-electron chi connectivity index (χ0n) is 17.0. The summed E-state index contributed by atoms with van der Waals surface area (Å²) >= 11 is 9.86. The number of carbonyl (C=O) groups is 1. The van der Waals surface area contributed by atoms with Crippen molar-refractivity contribution in [2.75, 3.05) is 26.1 Å². The summed E-state index contributed by atoms with van der Waals surface area (Å²) in [6.45, 7) is 5.81. The number of carbonyl (C=O) groups excluding carboxylic acids is 1. The number of nitrogens with two attached hydrogens (primary N) is 1. The molecule has 2 N–H and O–H groups in total. The van der Waals surface area contributed by atoms with Crippen molar-refractivity contribution in [1.82, 2.24) is 19.7 Å². The van der Waals surface area contributed by atoms with E-state index in [1.807, 2.05) is 19.9 Å². The van der Waals surface area contributed by atoms with E-state index in [2.05, 4.69) is 31.0 Å². The van der Waals surface area contributed by atoms with Crippen molar-refractivity contribution in [2.45, 2.75) is 32.7 Å². The van der Waals surface area contributed by atoms with Crippen molar-refractivity contribution < 1.29 is 14.3 Å². The number of aromatic nitrogens is 4. The fourth-order valence-corrected chi connectivity index (χ4v) is 4.18. The van der Waals surface area contributed by atoms with Gasteiger partial charge in [-0.25, -0.2) is 14.6 Å². The smallest absolute Gasteiger partial charge is 0.171 e. The van der Waals surface area contributed by atoms with Crippen LogP contribution in [0.3, 0.4) is 0 Å². The third-order valence-electron chi connectivity index (χ3n) is 4.94. The Kier molecular flexibility index (Phi) is 7.27. The number of aldehydes is 1. The normalized spacial score (nSPS) is 14.3. The first-order valence-corrected chi connectivity index (χ1v) is 10.6. The molecule has 30 heavy (non-hydrogen) atoms. The van der Waals surface area contributed by atoms with Gasteiger partial charge >= 0.3 is 0 Å². The van der Waals surface area contributed by atoms with E-state index < -0.39 is 0 Å². The Morgan fingerprint density at radius 2 is 2.07 bits per heavy atom. The number of methoxy groups -OCH3 is 1. The van der Waals surface area contributed by atoms with Crippen LogP contribution in [0, 0.1) is 6.92 Å². The third kappa shape index (κ3) is 4.28. The van der Waals surface area contributed by atoms with Crippen molar-refractivity contribution in [1.29, 1.82) is 0 Å². The SMILES string of the molecule is C1CCOC1.COc1c(C(C)n2nc(C=O)c3c(N)ncnc32)cc(Cl)c(C)c1Br. The van der Waals surface area contributed by atoms with Gasteiger partial charge in [0.25, 0.3) is 0 Å². The number of rotatable bonds is 4. The van der Waals surface area contributed by atoms with Crippen LogP contribution >= 0.6 is 27.5 Å². The average molecular weight is 497 g/mol. The highest BCUT2D eigenvalue weighted by Gasteiger charge is 2.24. The summed E-state index contributed by atoms with van der Waals surface area (Å²) < 4.78 is 12.9. The second-order valence-electron chi connectivity index (χ2n) is 6.82. The van der Waals surface area contributed by atoms with E-state index in [4.69, 9.17) is 26.8 Å². The van der Waals surface area contributed by atoms with Gasteiger partial charge in [0.2, 0.25) is 0 Å². The molecule has 1 fully saturated rings. The maximum Gasteiger partial charge on any atom is 0.171 e. The van der Waals surface area contributed by atoms with E-state index >= 15 is 0 Å². The fourth-order valence-electron chi connectivity index (χ4n) is 3.25. The number of nitrogen functional groups attached to an aromatic ring is 1. The number of hydrogen-bond acceptors (Lipinski definition) is 7. The molecule has 160 valence electrons. The van der Waals surface area contributed by atoms with Gasteiger partial charge in [0.05, 0.1) is 23.0 Å². The third-order valence-corrected chi connectivity index (χ3v) is 6.28. The van der Waals surface area contributed by atoms with Gasteiger partial charge in [-0.3, -0.25) is 4.79 Å². The lowest BCUT2D eigenvalue weighted by Gasteiger charge is -2.19. The van der Waals surface area contributed by atoms with Crippen LogP contribution in [0.5, 0.6) is 5.75 Å². The Bertz CT molecular complexity index is 1060. The summed E-state index contributed by atoms with van der Waals surface area (Å²) in [5.74, 6) is 0.855. The largest absolute Gasteiger partial charge is 0.495 e. The standard InChI is InChI=1S/C16H15BrClN5O2.C4H8O/c1-7-10(18)4-9(14(25-3)13(7)17)8(2)23-16-12(11(5-24)22-23)15(19)20-6-21-16;1-2-4-5-3-1/h4-6,8H,1-3H3,(H2,19,20,21);1-4H2. The van der Waals surface area contributed by atoms with Crippen molar-refractivity contribution in [2.24, 2.45) is 0 Å². The molecule has 1 aliphatic heterocycles. The summed E-state index contributed by atoms with van der Waals surface area (Å²) in [6, 6.07) is 1.51. The molecule has 3 aromatic rings. The summed E-state index contributed by atoms with van der Waals surface area (Å²) in [7, 11) is 1.59. The van der Waals surface area contributed by atoms with Crippen LogP contribution in [-0.4, -0.2) is 46.4 Å². The van der Waals surface area contributed by atoms with Crippen LogP contribution in [0.4, 0.5) is 5.82 Å². The summed E-state index contributed by atoms with van der Waals surface area (Å²) in [4.78, 5) is 19.6. The average Bonchev–Trinajstić information content (AvgIpc) is 3.43. The van der Waals surface area contributed by atoms with Crippen molar-refractivity contribution >= 4 is 50.7 Å². The van der Waals surface area contributed by atoms with Crippen molar-refractivity contribution in [3.05, 3.63) is 38.7 Å². The first kappa shape index (κ1) is 22.5. The lowest BCUT2D eigenvalue weighted by atomic mass is 10.0. The topological polar surface area (TPSA) is 105 Å². The molecule has 0 radical (unpaired) electrons. The summed E-state index contributed by atoms with van der Waals surface area (Å²) in [5.41, 5.74) is 8.22. The van der Waals surface area contributed by atoms with Gasteiger partial charge in [0.15, 0.2) is 11.9 Å². The van der Waals surface area contributed by atoms with Gasteiger partial charge in [-0.15, -0.1) is 0 Å². The van der Waals surface area contributed by atoms with Crippen molar-refractivity contribution in [3.8, 4) is 5.75 Å². The summed E-state index contributed by atoms with van der Waals surface area (Å²) in [5, 5.41) is 5.38. The number of nitrogens with zero attached hydrogens (tertiary/aromatic N) is 4. The predicted octanol–water partition coefficient (Wildman–Crippen LogP) is 4.36. The molecule has 0 bridgehead atoms. The number of fused-ring (bicyclic) bond motifs is 1. The van der Waals surface area contributed by atoms with Crippen LogP contribution < -0.4 is 10.5 Å². The van der Waals surface area contributed by atoms with Crippen LogP contribution in [-0.2, 0) is 4.74 Å². The lowest BCUT2D eigenvalue weighted by Crippen LogP contribution is -2.12. The highest BCUT2D eigenvalue weighted by Crippen LogP contribution is 2.41. The second-order valence-corrected chi connectivity index (χ2v) is 8.02. The maximum atomic E-state index is 11.4. The van der Waals surface area contributed by atoms with E-state index in [0.717, 1.165) is 28.8 Å². The Morgan fingerprint density at radius 3 is 2.63 bits per heavy atom. The van der Waals surface area contributed by atoms with E-state index in [1.54, 1.807) is 11.8 Å². The van der Waals surface area contributed by atoms with Gasteiger partial charge in [-0.1, -0.05) is 11.6 Å². The van der Waals surface area contributed by atoms with Gasteiger partial charge in [0.1, 0.15) is 23.6 Å². The van der Waals surface area contributed by atoms with Gasteiger partial charge < -0.3 is 15.2 Å². The monoisotopic (exact) mass is 495 g/mol. The zero-order chi connectivity index (χ0) is 21.8. The van der Waals surface area contributed by atoms with Crippen LogP contribution in [0.25, 0.3) is 11.0 Å². The molecule has 1 aromatic carbocycles.